The van der Waals surface area contributed by atoms with Crippen LogP contribution in [0.5, 0.6) is 28.7 Å². The van der Waals surface area contributed by atoms with Crippen LogP contribution < -0.4 is 23.7 Å². The number of benzene rings is 12. The summed E-state index contributed by atoms with van der Waals surface area (Å²) in [5.41, 5.74) is 20.7. The van der Waals surface area contributed by atoms with Gasteiger partial charge in [0.05, 0.1) is 44.8 Å². The number of aryl methyl sites for hydroxylation is 3. The smallest absolute Gasteiger partial charge is 0.204 e. The number of tetrazole rings is 4. The average Bonchev–Trinajstić information content (AvgIpc) is 1.63. The first kappa shape index (κ1) is 91.1. The van der Waals surface area contributed by atoms with E-state index in [1.165, 1.54) is 33.2 Å². The standard InChI is InChI=1S/C27H22N6O.C25H21N5O2.C25H21N5O.C25H19N5O.4CH4/c1-33-16-21(14-18-5-4-7-20(13-18)27-29-31-32-30-27)24-15-23(11-12-26(24)33)34-17-22-10-9-19-6-2-3-8-25(19)28-22;1-2-7-24-20(6-1)8-9-21(26-24)17-32-23-12-10-22(11-13-23)31-16-19-5-3-4-18(14-19)15-25-27-29-30-28-25;2*1-2-10-24-20(7-1)13-14-22(26-24)17-31-23-9-4-6-19(16-23)12-11-18-5-3-8-21(15-18)25-27-29-30-28-25;;;;/h2-13,15-16H,14,17H2,1H3,(H,29,30,31,32);1-14H,15-17H2,(H,27,28,29,30);1-10,13-16H,11-12,17H2,(H,27,28,29,30);1-16H,17H2,(H,27,28,29,30);4*1H4/b;;;12-11+;;;;. The SMILES string of the molecule is C.C.C.C.C(=C\c1cccc(-c2nn[nH]n2)c1)/c1cccc(OCc2ccc3ccccc3n2)c1.Cn1cc(Cc2cccc(-c3nn[nH]n3)c2)c2cc(OCc3ccc4ccccc4n3)ccc21.c1cc(CCc2cccc(-c3nn[nH]n3)c2)cc(OCc2ccc3ccccc3n2)c1.c1cc(COc2ccc(OCc3ccc4ccccc4n3)cc2)cc(Cc2nn[nH]n2)c1. The van der Waals surface area contributed by atoms with Gasteiger partial charge in [-0.2, -0.15) is 20.9 Å². The van der Waals surface area contributed by atoms with Crippen LogP contribution in [-0.2, 0) is 65.8 Å². The van der Waals surface area contributed by atoms with Crippen molar-refractivity contribution in [3.63, 3.8) is 0 Å². The van der Waals surface area contributed by atoms with Crippen molar-refractivity contribution < 1.29 is 23.7 Å². The van der Waals surface area contributed by atoms with Crippen LogP contribution in [0.3, 0.4) is 0 Å². The van der Waals surface area contributed by atoms with Gasteiger partial charge < -0.3 is 28.3 Å². The number of aromatic nitrogens is 21. The van der Waals surface area contributed by atoms with Crippen LogP contribution in [-0.4, -0.2) is 107 Å². The van der Waals surface area contributed by atoms with Gasteiger partial charge in [0.2, 0.25) is 17.5 Å². The second-order valence-electron chi connectivity index (χ2n) is 30.1. The van der Waals surface area contributed by atoms with E-state index in [0.717, 1.165) is 153 Å². The molecule has 21 rings (SSSR count). The molecule has 132 heavy (non-hydrogen) atoms. The lowest BCUT2D eigenvalue weighted by Gasteiger charge is -2.10. The van der Waals surface area contributed by atoms with E-state index >= 15 is 0 Å². The van der Waals surface area contributed by atoms with Gasteiger partial charge in [-0.15, -0.1) is 40.8 Å². The van der Waals surface area contributed by atoms with Crippen molar-refractivity contribution in [3.05, 3.63) is 413 Å². The highest BCUT2D eigenvalue weighted by molar-refractivity contribution is 5.86. The maximum atomic E-state index is 6.13. The van der Waals surface area contributed by atoms with E-state index in [0.29, 0.717) is 62.8 Å². The number of hydrogen-bond acceptors (Lipinski definition) is 21. The van der Waals surface area contributed by atoms with Gasteiger partial charge in [0, 0.05) is 68.8 Å². The average molecular weight is 1750 g/mol. The summed E-state index contributed by atoms with van der Waals surface area (Å²) in [5, 5.41) is 62.5. The van der Waals surface area contributed by atoms with Crippen molar-refractivity contribution in [2.45, 2.75) is 88.4 Å². The Morgan fingerprint density at radius 2 is 0.659 bits per heavy atom. The van der Waals surface area contributed by atoms with Crippen molar-refractivity contribution in [1.82, 2.24) is 107 Å². The molecule has 0 amide bonds. The fourth-order valence-corrected chi connectivity index (χ4v) is 14.7. The van der Waals surface area contributed by atoms with Crippen LogP contribution in [0.15, 0.2) is 340 Å². The molecule has 0 aliphatic heterocycles. The first-order valence-electron chi connectivity index (χ1n) is 41.6. The Balaban J connectivity index is 0.000000140. The predicted molar refractivity (Wildman–Crippen MR) is 519 cm³/mol. The van der Waals surface area contributed by atoms with Gasteiger partial charge in [-0.25, -0.2) is 19.9 Å². The zero-order valence-electron chi connectivity index (χ0n) is 69.5. The Morgan fingerprint density at radius 1 is 0.288 bits per heavy atom. The second-order valence-corrected chi connectivity index (χ2v) is 30.1. The number of nitrogens with one attached hydrogen (secondary N) is 4. The molecule has 0 bridgehead atoms. The molecule has 26 nitrogen and oxygen atoms in total. The molecule has 26 heteroatoms. The van der Waals surface area contributed by atoms with Crippen LogP contribution >= 0.6 is 0 Å². The molecular weight excluding hydrogens is 1650 g/mol. The highest BCUT2D eigenvalue weighted by Crippen LogP contribution is 2.31. The summed E-state index contributed by atoms with van der Waals surface area (Å²) >= 11 is 0. The number of rotatable bonds is 27. The molecule has 0 aliphatic rings. The van der Waals surface area contributed by atoms with Crippen LogP contribution in [0.2, 0.25) is 0 Å². The highest BCUT2D eigenvalue weighted by Gasteiger charge is 2.15. The maximum Gasteiger partial charge on any atom is 0.204 e. The maximum absolute atomic E-state index is 6.13. The van der Waals surface area contributed by atoms with Crippen molar-refractivity contribution in [3.8, 4) is 62.9 Å². The Kier molecular flexibility index (Phi) is 30.9. The van der Waals surface area contributed by atoms with Gasteiger partial charge in [0.1, 0.15) is 61.8 Å². The molecule has 21 aromatic rings. The minimum Gasteiger partial charge on any atom is -0.489 e. The van der Waals surface area contributed by atoms with E-state index in [2.05, 4.69) is 224 Å². The molecule has 12 aromatic carbocycles. The molecule has 0 unspecified atom stereocenters. The summed E-state index contributed by atoms with van der Waals surface area (Å²) in [6.07, 6.45) is 9.54. The van der Waals surface area contributed by atoms with Gasteiger partial charge in [-0.1, -0.05) is 247 Å². The van der Waals surface area contributed by atoms with Gasteiger partial charge in [-0.05, 0) is 213 Å². The summed E-state index contributed by atoms with van der Waals surface area (Å²) in [6, 6.07) is 111. The van der Waals surface area contributed by atoms with Crippen molar-refractivity contribution in [1.29, 1.82) is 0 Å². The molecule has 9 heterocycles. The molecule has 658 valence electrons. The number of H-pyrrole nitrogens is 4. The van der Waals surface area contributed by atoms with Gasteiger partial charge in [-0.3, -0.25) is 0 Å². The predicted octanol–water partition coefficient (Wildman–Crippen LogP) is 22.1. The molecule has 0 fully saturated rings. The summed E-state index contributed by atoms with van der Waals surface area (Å²) in [4.78, 5) is 18.7. The number of ether oxygens (including phenoxy) is 5. The Labute approximate surface area is 764 Å². The van der Waals surface area contributed by atoms with E-state index in [4.69, 9.17) is 28.7 Å². The number of aromatic amines is 4. The molecule has 0 aliphatic carbocycles. The molecule has 0 atom stereocenters. The number of nitrogens with zero attached hydrogens (tertiary/aromatic N) is 17. The molecule has 0 spiro atoms. The number of hydrogen-bond donors (Lipinski definition) is 4. The molecule has 0 saturated carbocycles. The van der Waals surface area contributed by atoms with E-state index in [9.17, 15) is 0 Å². The van der Waals surface area contributed by atoms with E-state index in [1.807, 2.05) is 237 Å². The van der Waals surface area contributed by atoms with Crippen LogP contribution in [0.1, 0.15) is 103 Å². The monoisotopic (exact) mass is 1750 g/mol. The fourth-order valence-electron chi connectivity index (χ4n) is 14.7. The summed E-state index contributed by atoms with van der Waals surface area (Å²) < 4.78 is 32.1. The molecule has 9 aromatic heterocycles. The summed E-state index contributed by atoms with van der Waals surface area (Å²) in [7, 11) is 2.07. The molecule has 0 saturated heterocycles. The molecule has 4 N–H and O–H groups in total. The fraction of sp³-hybridized carbons (Fsp3) is 0.132. The topological polar surface area (TPSA) is 320 Å². The van der Waals surface area contributed by atoms with Crippen molar-refractivity contribution >= 4 is 66.7 Å². The third-order valence-corrected chi connectivity index (χ3v) is 21.1. The minimum absolute atomic E-state index is 0. The van der Waals surface area contributed by atoms with Crippen LogP contribution in [0.4, 0.5) is 0 Å². The quantitative estimate of drug-likeness (QED) is 0.0348. The Bertz CT molecular complexity index is 7280. The third-order valence-electron chi connectivity index (χ3n) is 21.1. The molecule has 0 radical (unpaired) electrons. The second kappa shape index (κ2) is 44.8. The van der Waals surface area contributed by atoms with Crippen molar-refractivity contribution in [2.24, 2.45) is 7.05 Å². The number of para-hydroxylation sites is 4. The van der Waals surface area contributed by atoms with E-state index in [1.54, 1.807) is 0 Å². The van der Waals surface area contributed by atoms with Crippen molar-refractivity contribution in [2.75, 3.05) is 0 Å². The summed E-state index contributed by atoms with van der Waals surface area (Å²) in [6.45, 7) is 2.18. The Morgan fingerprint density at radius 3 is 1.14 bits per heavy atom. The first-order valence-corrected chi connectivity index (χ1v) is 41.6. The van der Waals surface area contributed by atoms with Gasteiger partial charge in [0.15, 0.2) is 5.82 Å². The lowest BCUT2D eigenvalue weighted by molar-refractivity contribution is 0.295. The third kappa shape index (κ3) is 24.3. The lowest BCUT2D eigenvalue weighted by atomic mass is 10.0. The zero-order valence-corrected chi connectivity index (χ0v) is 69.5. The normalized spacial score (nSPS) is 10.8. The lowest BCUT2D eigenvalue weighted by Crippen LogP contribution is -1.99. The first-order chi connectivity index (χ1) is 63.2. The van der Waals surface area contributed by atoms with E-state index < -0.39 is 0 Å². The largest absolute Gasteiger partial charge is 0.489 e. The molecular formula is C106H99N21O5. The Hall–Kier alpha value is -17.2. The number of fused-ring (bicyclic) bond motifs is 5. The van der Waals surface area contributed by atoms with E-state index in [-0.39, 0.29) is 29.7 Å². The summed E-state index contributed by atoms with van der Waals surface area (Å²) in [5.74, 6) is 6.49. The highest BCUT2D eigenvalue weighted by atomic mass is 16.5. The van der Waals surface area contributed by atoms with Crippen LogP contribution in [0, 0.1) is 0 Å². The van der Waals surface area contributed by atoms with Gasteiger partial charge >= 0.3 is 0 Å². The number of pyridine rings is 4. The minimum atomic E-state index is 0. The van der Waals surface area contributed by atoms with Gasteiger partial charge in [0.25, 0.3) is 0 Å². The van der Waals surface area contributed by atoms with Crippen LogP contribution in [0.25, 0.3) is 101 Å². The zero-order chi connectivity index (χ0) is 86.3.